The molecule has 0 aliphatic rings. The van der Waals surface area contributed by atoms with Gasteiger partial charge in [0.2, 0.25) is 5.92 Å². The number of alkyl halides is 2. The van der Waals surface area contributed by atoms with E-state index in [9.17, 15) is 8.78 Å². The SMILES string of the molecule is CCCN(C)CC(C)CC(F)(F)CC. The molecule has 1 atom stereocenters. The van der Waals surface area contributed by atoms with Crippen LogP contribution in [-0.4, -0.2) is 31.0 Å². The smallest absolute Gasteiger partial charge is 0.248 e. The Kier molecular flexibility index (Phi) is 6.25. The van der Waals surface area contributed by atoms with E-state index in [1.807, 2.05) is 14.0 Å². The third-order valence-corrected chi connectivity index (χ3v) is 2.39. The maximum absolute atomic E-state index is 13.0. The fourth-order valence-corrected chi connectivity index (χ4v) is 1.72. The van der Waals surface area contributed by atoms with Gasteiger partial charge in [0.05, 0.1) is 0 Å². The molecule has 0 amide bonds. The van der Waals surface area contributed by atoms with Gasteiger partial charge in [0.25, 0.3) is 0 Å². The van der Waals surface area contributed by atoms with Gasteiger partial charge in [-0.05, 0) is 25.9 Å². The molecule has 0 radical (unpaired) electrons. The van der Waals surface area contributed by atoms with Crippen molar-refractivity contribution in [3.63, 3.8) is 0 Å². The van der Waals surface area contributed by atoms with Crippen LogP contribution in [0.25, 0.3) is 0 Å². The molecule has 0 saturated heterocycles. The van der Waals surface area contributed by atoms with E-state index in [1.54, 1.807) is 6.92 Å². The van der Waals surface area contributed by atoms with Gasteiger partial charge in [0.15, 0.2) is 0 Å². The lowest BCUT2D eigenvalue weighted by Crippen LogP contribution is -2.29. The zero-order valence-corrected chi connectivity index (χ0v) is 9.82. The Morgan fingerprint density at radius 1 is 1.29 bits per heavy atom. The number of halogens is 2. The number of rotatable bonds is 7. The predicted octanol–water partition coefficient (Wildman–Crippen LogP) is 3.40. The largest absolute Gasteiger partial charge is 0.306 e. The Balaban J connectivity index is 3.79. The maximum atomic E-state index is 13.0. The summed E-state index contributed by atoms with van der Waals surface area (Å²) in [6.07, 6.45) is 1.04. The minimum Gasteiger partial charge on any atom is -0.306 e. The van der Waals surface area contributed by atoms with Gasteiger partial charge in [-0.1, -0.05) is 20.8 Å². The standard InChI is InChI=1S/C11H23F2N/c1-5-7-14(4)9-10(3)8-11(12,13)6-2/h10H,5-9H2,1-4H3. The lowest BCUT2D eigenvalue weighted by atomic mass is 10.0. The third kappa shape index (κ3) is 6.30. The van der Waals surface area contributed by atoms with E-state index in [1.165, 1.54) is 0 Å². The minimum absolute atomic E-state index is 0.0115. The average molecular weight is 207 g/mol. The number of hydrogen-bond donors (Lipinski definition) is 0. The van der Waals surface area contributed by atoms with Crippen LogP contribution in [0.4, 0.5) is 8.78 Å². The van der Waals surface area contributed by atoms with Crippen molar-refractivity contribution in [2.24, 2.45) is 5.92 Å². The third-order valence-electron chi connectivity index (χ3n) is 2.39. The molecule has 14 heavy (non-hydrogen) atoms. The average Bonchev–Trinajstić information content (AvgIpc) is 2.03. The van der Waals surface area contributed by atoms with Crippen molar-refractivity contribution >= 4 is 0 Å². The van der Waals surface area contributed by atoms with Gasteiger partial charge in [-0.25, -0.2) is 8.78 Å². The van der Waals surface area contributed by atoms with E-state index < -0.39 is 5.92 Å². The van der Waals surface area contributed by atoms with Crippen LogP contribution < -0.4 is 0 Å². The summed E-state index contributed by atoms with van der Waals surface area (Å²) in [5.74, 6) is -2.41. The summed E-state index contributed by atoms with van der Waals surface area (Å²) in [6.45, 7) is 7.30. The molecule has 0 rings (SSSR count). The van der Waals surface area contributed by atoms with Crippen molar-refractivity contribution in [3.05, 3.63) is 0 Å². The molecular formula is C11H23F2N. The number of nitrogens with zero attached hydrogens (tertiary/aromatic N) is 1. The quantitative estimate of drug-likeness (QED) is 0.618. The van der Waals surface area contributed by atoms with E-state index in [-0.39, 0.29) is 18.8 Å². The second-order valence-corrected chi connectivity index (χ2v) is 4.28. The van der Waals surface area contributed by atoms with Crippen molar-refractivity contribution in [2.45, 2.75) is 46.0 Å². The molecule has 3 heteroatoms. The molecule has 0 heterocycles. The normalized spacial score (nSPS) is 14.8. The van der Waals surface area contributed by atoms with Crippen LogP contribution in [0.5, 0.6) is 0 Å². The first kappa shape index (κ1) is 13.8. The molecule has 0 bridgehead atoms. The first-order valence-corrected chi connectivity index (χ1v) is 5.47. The first-order valence-electron chi connectivity index (χ1n) is 5.47. The molecule has 86 valence electrons. The summed E-state index contributed by atoms with van der Waals surface area (Å²) < 4.78 is 26.0. The second-order valence-electron chi connectivity index (χ2n) is 4.28. The van der Waals surface area contributed by atoms with Crippen molar-refractivity contribution < 1.29 is 8.78 Å². The Morgan fingerprint density at radius 3 is 2.29 bits per heavy atom. The van der Waals surface area contributed by atoms with Gasteiger partial charge in [0.1, 0.15) is 0 Å². The monoisotopic (exact) mass is 207 g/mol. The van der Waals surface area contributed by atoms with Gasteiger partial charge in [-0.2, -0.15) is 0 Å². The maximum Gasteiger partial charge on any atom is 0.248 e. The van der Waals surface area contributed by atoms with Gasteiger partial charge in [0, 0.05) is 19.4 Å². The molecule has 1 nitrogen and oxygen atoms in total. The molecule has 0 fully saturated rings. The fraction of sp³-hybridized carbons (Fsp3) is 1.00. The zero-order valence-electron chi connectivity index (χ0n) is 9.82. The van der Waals surface area contributed by atoms with Crippen molar-refractivity contribution in [3.8, 4) is 0 Å². The molecule has 0 saturated carbocycles. The van der Waals surface area contributed by atoms with E-state index in [2.05, 4.69) is 11.8 Å². The summed E-state index contributed by atoms with van der Waals surface area (Å²) in [5, 5.41) is 0. The second kappa shape index (κ2) is 6.33. The molecule has 0 aromatic heterocycles. The molecular weight excluding hydrogens is 184 g/mol. The van der Waals surface area contributed by atoms with Crippen LogP contribution >= 0.6 is 0 Å². The zero-order chi connectivity index (χ0) is 11.2. The Morgan fingerprint density at radius 2 is 1.86 bits per heavy atom. The molecule has 1 unspecified atom stereocenters. The molecule has 0 aromatic carbocycles. The van der Waals surface area contributed by atoms with Crippen LogP contribution in [0.1, 0.15) is 40.0 Å². The van der Waals surface area contributed by atoms with Crippen LogP contribution in [0.3, 0.4) is 0 Å². The van der Waals surface area contributed by atoms with E-state index >= 15 is 0 Å². The summed E-state index contributed by atoms with van der Waals surface area (Å²) >= 11 is 0. The summed E-state index contributed by atoms with van der Waals surface area (Å²) in [7, 11) is 1.99. The molecule has 0 spiro atoms. The Labute approximate surface area is 86.5 Å². The fourth-order valence-electron chi connectivity index (χ4n) is 1.72. The summed E-state index contributed by atoms with van der Waals surface area (Å²) in [6, 6.07) is 0. The van der Waals surface area contributed by atoms with Crippen molar-refractivity contribution in [1.82, 2.24) is 4.90 Å². The Bertz CT molecular complexity index is 148. The van der Waals surface area contributed by atoms with Crippen molar-refractivity contribution in [2.75, 3.05) is 20.1 Å². The van der Waals surface area contributed by atoms with Crippen molar-refractivity contribution in [1.29, 1.82) is 0 Å². The van der Waals surface area contributed by atoms with Crippen LogP contribution in [0.2, 0.25) is 0 Å². The predicted molar refractivity (Wildman–Crippen MR) is 56.8 cm³/mol. The summed E-state index contributed by atoms with van der Waals surface area (Å²) in [4.78, 5) is 2.12. The lowest BCUT2D eigenvalue weighted by molar-refractivity contribution is -0.0273. The summed E-state index contributed by atoms with van der Waals surface area (Å²) in [5.41, 5.74) is 0. The molecule has 0 aromatic rings. The van der Waals surface area contributed by atoms with Crippen LogP contribution in [0.15, 0.2) is 0 Å². The van der Waals surface area contributed by atoms with Crippen LogP contribution in [-0.2, 0) is 0 Å². The van der Waals surface area contributed by atoms with Gasteiger partial charge in [-0.15, -0.1) is 0 Å². The first-order chi connectivity index (χ1) is 6.41. The number of hydrogen-bond acceptors (Lipinski definition) is 1. The van der Waals surface area contributed by atoms with E-state index in [0.29, 0.717) is 0 Å². The van der Waals surface area contributed by atoms with Gasteiger partial charge >= 0.3 is 0 Å². The highest BCUT2D eigenvalue weighted by molar-refractivity contribution is 4.70. The van der Waals surface area contributed by atoms with E-state index in [0.717, 1.165) is 19.5 Å². The van der Waals surface area contributed by atoms with Gasteiger partial charge < -0.3 is 4.90 Å². The van der Waals surface area contributed by atoms with Crippen LogP contribution in [0, 0.1) is 5.92 Å². The highest BCUT2D eigenvalue weighted by atomic mass is 19.3. The highest BCUT2D eigenvalue weighted by Gasteiger charge is 2.28. The highest BCUT2D eigenvalue weighted by Crippen LogP contribution is 2.26. The topological polar surface area (TPSA) is 3.24 Å². The minimum atomic E-state index is -2.48. The van der Waals surface area contributed by atoms with E-state index in [4.69, 9.17) is 0 Å². The lowest BCUT2D eigenvalue weighted by Gasteiger charge is -2.24. The Hall–Kier alpha value is -0.180. The molecule has 0 N–H and O–H groups in total. The van der Waals surface area contributed by atoms with Gasteiger partial charge in [-0.3, -0.25) is 0 Å². The molecule has 0 aliphatic heterocycles. The molecule has 0 aliphatic carbocycles.